The van der Waals surface area contributed by atoms with E-state index < -0.39 is 0 Å². The van der Waals surface area contributed by atoms with E-state index in [1.165, 1.54) is 24.2 Å². The van der Waals surface area contributed by atoms with Gasteiger partial charge in [-0.25, -0.2) is 4.98 Å². The van der Waals surface area contributed by atoms with Crippen molar-refractivity contribution < 1.29 is 4.79 Å². The van der Waals surface area contributed by atoms with E-state index in [-0.39, 0.29) is 11.4 Å². The van der Waals surface area contributed by atoms with E-state index >= 15 is 0 Å². The maximum atomic E-state index is 13.1. The van der Waals surface area contributed by atoms with Crippen LogP contribution in [0.4, 0.5) is 5.69 Å². The number of aromatic nitrogens is 3. The molecule has 1 aliphatic carbocycles. The molecule has 1 saturated carbocycles. The Balaban J connectivity index is 1.36. The average molecular weight is 399 g/mol. The van der Waals surface area contributed by atoms with Crippen LogP contribution in [0.5, 0.6) is 0 Å². The Morgan fingerprint density at radius 1 is 1.07 bits per heavy atom. The fourth-order valence-corrected chi connectivity index (χ4v) is 5.14. The highest BCUT2D eigenvalue weighted by Gasteiger charge is 2.51. The minimum absolute atomic E-state index is 0.159. The van der Waals surface area contributed by atoms with E-state index in [0.717, 1.165) is 36.9 Å². The van der Waals surface area contributed by atoms with E-state index in [0.29, 0.717) is 13.0 Å². The number of rotatable bonds is 4. The van der Waals surface area contributed by atoms with E-state index in [1.54, 1.807) is 6.20 Å². The van der Waals surface area contributed by atoms with Crippen molar-refractivity contribution in [2.45, 2.75) is 31.2 Å². The molecule has 2 aliphatic heterocycles. The molecule has 2 fully saturated rings. The SMILES string of the molecule is O=C(Cc1ccccn1)N1CC[C@]2(C1)c1cccn1-c1ncccc1N2CC1CC1. The molecule has 1 amide bonds. The third-order valence-corrected chi connectivity index (χ3v) is 6.82. The Morgan fingerprint density at radius 2 is 1.97 bits per heavy atom. The van der Waals surface area contributed by atoms with Gasteiger partial charge in [0.1, 0.15) is 5.54 Å². The zero-order chi connectivity index (χ0) is 20.1. The lowest BCUT2D eigenvalue weighted by molar-refractivity contribution is -0.129. The summed E-state index contributed by atoms with van der Waals surface area (Å²) >= 11 is 0. The maximum Gasteiger partial charge on any atom is 0.228 e. The lowest BCUT2D eigenvalue weighted by Gasteiger charge is -2.47. The van der Waals surface area contributed by atoms with Gasteiger partial charge in [-0.15, -0.1) is 0 Å². The van der Waals surface area contributed by atoms with Gasteiger partial charge >= 0.3 is 0 Å². The lowest BCUT2D eigenvalue weighted by atomic mass is 9.88. The Hall–Kier alpha value is -3.15. The molecule has 152 valence electrons. The normalized spacial score (nSPS) is 22.3. The highest BCUT2D eigenvalue weighted by atomic mass is 16.2. The van der Waals surface area contributed by atoms with Crippen LogP contribution >= 0.6 is 0 Å². The van der Waals surface area contributed by atoms with Crippen molar-refractivity contribution in [2.24, 2.45) is 5.92 Å². The van der Waals surface area contributed by atoms with Gasteiger partial charge in [-0.2, -0.15) is 0 Å². The minimum Gasteiger partial charge on any atom is -0.355 e. The van der Waals surface area contributed by atoms with E-state index in [1.807, 2.05) is 35.4 Å². The standard InChI is InChI=1S/C24H25N5O/c30-22(15-19-5-1-2-11-25-19)27-14-10-24(17-27)21-7-4-13-28(21)23-20(6-3-12-26-23)29(24)16-18-8-9-18/h1-7,11-13,18H,8-10,14-17H2/t24-/m0/s1. The Bertz CT molecular complexity index is 1090. The summed E-state index contributed by atoms with van der Waals surface area (Å²) in [6.07, 6.45) is 9.62. The fourth-order valence-electron chi connectivity index (χ4n) is 5.14. The molecule has 1 spiro atoms. The summed E-state index contributed by atoms with van der Waals surface area (Å²) in [6, 6.07) is 14.3. The quantitative estimate of drug-likeness (QED) is 0.676. The Morgan fingerprint density at radius 3 is 2.80 bits per heavy atom. The molecule has 0 bridgehead atoms. The molecule has 6 rings (SSSR count). The number of nitrogens with zero attached hydrogens (tertiary/aromatic N) is 5. The van der Waals surface area contributed by atoms with E-state index in [4.69, 9.17) is 4.98 Å². The summed E-state index contributed by atoms with van der Waals surface area (Å²) in [5.74, 6) is 1.91. The number of pyridine rings is 2. The van der Waals surface area contributed by atoms with E-state index in [2.05, 4.69) is 38.8 Å². The summed E-state index contributed by atoms with van der Waals surface area (Å²) < 4.78 is 2.23. The zero-order valence-corrected chi connectivity index (χ0v) is 16.9. The van der Waals surface area contributed by atoms with Gasteiger partial charge in [0.05, 0.1) is 17.8 Å². The molecule has 6 heteroatoms. The number of hydrogen-bond acceptors (Lipinski definition) is 4. The zero-order valence-electron chi connectivity index (χ0n) is 16.9. The largest absolute Gasteiger partial charge is 0.355 e. The van der Waals surface area contributed by atoms with E-state index in [9.17, 15) is 4.79 Å². The number of carbonyl (C=O) groups excluding carboxylic acids is 1. The van der Waals surface area contributed by atoms with Crippen molar-refractivity contribution in [3.8, 4) is 5.82 Å². The topological polar surface area (TPSA) is 54.3 Å². The molecule has 0 unspecified atom stereocenters. The highest BCUT2D eigenvalue weighted by Crippen LogP contribution is 2.48. The fraction of sp³-hybridized carbons (Fsp3) is 0.375. The van der Waals surface area contributed by atoms with Crippen molar-refractivity contribution in [2.75, 3.05) is 24.5 Å². The van der Waals surface area contributed by atoms with Crippen molar-refractivity contribution in [3.63, 3.8) is 0 Å². The molecular formula is C24H25N5O. The monoisotopic (exact) mass is 399 g/mol. The second kappa shape index (κ2) is 6.69. The number of carbonyl (C=O) groups is 1. The average Bonchev–Trinajstić information content (AvgIpc) is 3.27. The summed E-state index contributed by atoms with van der Waals surface area (Å²) in [6.45, 7) is 2.52. The van der Waals surface area contributed by atoms with Gasteiger partial charge in [0.25, 0.3) is 0 Å². The van der Waals surface area contributed by atoms with Crippen LogP contribution in [0.2, 0.25) is 0 Å². The van der Waals surface area contributed by atoms with Crippen LogP contribution in [0.25, 0.3) is 5.82 Å². The lowest BCUT2D eigenvalue weighted by Crippen LogP contribution is -2.53. The second-order valence-electron chi connectivity index (χ2n) is 8.76. The molecule has 5 heterocycles. The van der Waals surface area contributed by atoms with Gasteiger partial charge in [0, 0.05) is 43.9 Å². The Kier molecular flexibility index (Phi) is 3.94. The number of anilines is 1. The number of amides is 1. The first-order valence-electron chi connectivity index (χ1n) is 10.8. The summed E-state index contributed by atoms with van der Waals surface area (Å²) in [7, 11) is 0. The smallest absolute Gasteiger partial charge is 0.228 e. The molecule has 3 aromatic rings. The minimum atomic E-state index is -0.193. The molecule has 1 saturated heterocycles. The van der Waals surface area contributed by atoms with Crippen LogP contribution in [-0.2, 0) is 16.8 Å². The van der Waals surface area contributed by atoms with Crippen molar-refractivity contribution in [1.82, 2.24) is 19.4 Å². The van der Waals surface area contributed by atoms with Crippen LogP contribution in [0.15, 0.2) is 61.1 Å². The van der Waals surface area contributed by atoms with Crippen molar-refractivity contribution in [3.05, 3.63) is 72.4 Å². The van der Waals surface area contributed by atoms with Crippen LogP contribution < -0.4 is 4.90 Å². The van der Waals surface area contributed by atoms with Gasteiger partial charge < -0.3 is 14.4 Å². The second-order valence-corrected chi connectivity index (χ2v) is 8.76. The molecule has 3 aliphatic rings. The summed E-state index contributed by atoms with van der Waals surface area (Å²) in [4.78, 5) is 26.8. The Labute approximate surface area is 176 Å². The first-order valence-corrected chi connectivity index (χ1v) is 10.8. The molecule has 6 nitrogen and oxygen atoms in total. The number of likely N-dealkylation sites (tertiary alicyclic amines) is 1. The first kappa shape index (κ1) is 17.7. The molecular weight excluding hydrogens is 374 g/mol. The van der Waals surface area contributed by atoms with Crippen molar-refractivity contribution in [1.29, 1.82) is 0 Å². The molecule has 0 aromatic carbocycles. The molecule has 1 atom stereocenters. The summed E-state index contributed by atoms with van der Waals surface area (Å²) in [5, 5.41) is 0. The maximum absolute atomic E-state index is 13.1. The number of fused-ring (bicyclic) bond motifs is 4. The van der Waals surface area contributed by atoms with Crippen LogP contribution in [0.1, 0.15) is 30.7 Å². The van der Waals surface area contributed by atoms with Gasteiger partial charge in [-0.1, -0.05) is 6.07 Å². The van der Waals surface area contributed by atoms with Crippen LogP contribution in [-0.4, -0.2) is 45.0 Å². The predicted octanol–water partition coefficient (Wildman–Crippen LogP) is 3.17. The van der Waals surface area contributed by atoms with Gasteiger partial charge in [0.2, 0.25) is 5.91 Å². The van der Waals surface area contributed by atoms with Gasteiger partial charge in [0.15, 0.2) is 5.82 Å². The third-order valence-electron chi connectivity index (χ3n) is 6.82. The molecule has 3 aromatic heterocycles. The third kappa shape index (κ3) is 2.74. The van der Waals surface area contributed by atoms with Gasteiger partial charge in [-0.05, 0) is 61.6 Å². The highest BCUT2D eigenvalue weighted by molar-refractivity contribution is 5.79. The van der Waals surface area contributed by atoms with Gasteiger partial charge in [-0.3, -0.25) is 9.78 Å². The molecule has 0 radical (unpaired) electrons. The first-order chi connectivity index (χ1) is 14.7. The van der Waals surface area contributed by atoms with Crippen molar-refractivity contribution >= 4 is 11.6 Å². The number of hydrogen-bond donors (Lipinski definition) is 0. The molecule has 30 heavy (non-hydrogen) atoms. The predicted molar refractivity (Wildman–Crippen MR) is 114 cm³/mol. The van der Waals surface area contributed by atoms with Crippen LogP contribution in [0.3, 0.4) is 0 Å². The summed E-state index contributed by atoms with van der Waals surface area (Å²) in [5.41, 5.74) is 3.08. The molecule has 0 N–H and O–H groups in total. The van der Waals surface area contributed by atoms with Crippen LogP contribution in [0, 0.1) is 5.92 Å².